The highest BCUT2D eigenvalue weighted by molar-refractivity contribution is 7.89. The summed E-state index contributed by atoms with van der Waals surface area (Å²) in [6.07, 6.45) is 0.359. The van der Waals surface area contributed by atoms with E-state index in [9.17, 15) is 13.2 Å². The molecule has 0 radical (unpaired) electrons. The van der Waals surface area contributed by atoms with Crippen molar-refractivity contribution in [1.82, 2.24) is 5.32 Å². The molecule has 0 spiro atoms. The van der Waals surface area contributed by atoms with Gasteiger partial charge in [-0.3, -0.25) is 4.79 Å². The lowest BCUT2D eigenvalue weighted by molar-refractivity contribution is -0.123. The van der Waals surface area contributed by atoms with Crippen LogP contribution in [0.4, 0.5) is 0 Å². The van der Waals surface area contributed by atoms with Crippen molar-refractivity contribution in [3.8, 4) is 0 Å². The maximum absolute atomic E-state index is 11.9. The first-order valence-corrected chi connectivity index (χ1v) is 7.50. The Hall–Kier alpha value is -0.620. The second-order valence-corrected chi connectivity index (χ2v) is 7.62. The first kappa shape index (κ1) is 14.4. The summed E-state index contributed by atoms with van der Waals surface area (Å²) in [6, 6.07) is 0. The van der Waals surface area contributed by atoms with E-state index >= 15 is 0 Å². The number of hydrogen-bond acceptors (Lipinski definition) is 3. The summed E-state index contributed by atoms with van der Waals surface area (Å²) in [6.45, 7) is 8.64. The first-order chi connectivity index (χ1) is 7.50. The Labute approximate surface area is 103 Å². The zero-order valence-corrected chi connectivity index (χ0v) is 11.7. The molecule has 1 saturated carbocycles. The predicted octanol–water partition coefficient (Wildman–Crippen LogP) is 0.463. The van der Waals surface area contributed by atoms with Crippen molar-refractivity contribution in [2.45, 2.75) is 34.1 Å². The minimum Gasteiger partial charge on any atom is -0.356 e. The molecule has 3 N–H and O–H groups in total. The molecule has 0 bridgehead atoms. The van der Waals surface area contributed by atoms with Gasteiger partial charge < -0.3 is 5.32 Å². The largest absolute Gasteiger partial charge is 0.356 e. The summed E-state index contributed by atoms with van der Waals surface area (Å²) in [5.41, 5.74) is 0.0219. The van der Waals surface area contributed by atoms with Crippen LogP contribution in [0, 0.1) is 16.7 Å². The molecule has 0 saturated heterocycles. The third-order valence-corrected chi connectivity index (χ3v) is 5.05. The minimum atomic E-state index is -3.42. The van der Waals surface area contributed by atoms with E-state index in [1.54, 1.807) is 0 Å². The number of amides is 1. The molecule has 0 atom stereocenters. The Morgan fingerprint density at radius 1 is 1.24 bits per heavy atom. The Bertz CT molecular complexity index is 398. The van der Waals surface area contributed by atoms with E-state index in [4.69, 9.17) is 5.14 Å². The highest BCUT2D eigenvalue weighted by Gasteiger charge is 2.68. The fraction of sp³-hybridized carbons (Fsp3) is 0.909. The summed E-state index contributed by atoms with van der Waals surface area (Å²) in [5, 5.41) is 7.64. The summed E-state index contributed by atoms with van der Waals surface area (Å²) in [5.74, 6) is -0.0797. The van der Waals surface area contributed by atoms with Gasteiger partial charge in [0.2, 0.25) is 15.9 Å². The molecular formula is C11H22N2O3S. The third-order valence-electron chi connectivity index (χ3n) is 4.19. The smallest absolute Gasteiger partial charge is 0.224 e. The molecule has 1 fully saturated rings. The van der Waals surface area contributed by atoms with Gasteiger partial charge in [-0.05, 0) is 17.3 Å². The van der Waals surface area contributed by atoms with Crippen molar-refractivity contribution >= 4 is 15.9 Å². The van der Waals surface area contributed by atoms with E-state index in [1.807, 2.05) is 0 Å². The highest BCUT2D eigenvalue weighted by atomic mass is 32.2. The molecule has 0 unspecified atom stereocenters. The van der Waals surface area contributed by atoms with Gasteiger partial charge in [-0.1, -0.05) is 27.7 Å². The van der Waals surface area contributed by atoms with E-state index in [2.05, 4.69) is 33.0 Å². The SMILES string of the molecule is CC1(C)C(C(=O)NCCCS(N)(=O)=O)C1(C)C. The second kappa shape index (κ2) is 4.24. The average Bonchev–Trinajstić information content (AvgIpc) is 2.50. The normalized spacial score (nSPS) is 22.2. The van der Waals surface area contributed by atoms with Crippen LogP contribution in [0.3, 0.4) is 0 Å². The molecule has 0 aromatic heterocycles. The Balaban J connectivity index is 2.34. The first-order valence-electron chi connectivity index (χ1n) is 5.78. The maximum atomic E-state index is 11.9. The number of rotatable bonds is 5. The second-order valence-electron chi connectivity index (χ2n) is 5.89. The number of nitrogens with one attached hydrogen (secondary N) is 1. The zero-order valence-electron chi connectivity index (χ0n) is 10.9. The molecule has 0 aromatic carbocycles. The number of sulfonamides is 1. The molecule has 0 heterocycles. The molecule has 17 heavy (non-hydrogen) atoms. The van der Waals surface area contributed by atoms with Gasteiger partial charge in [-0.2, -0.15) is 0 Å². The summed E-state index contributed by atoms with van der Waals surface area (Å²) >= 11 is 0. The summed E-state index contributed by atoms with van der Waals surface area (Å²) < 4.78 is 21.4. The van der Waals surface area contributed by atoms with Crippen molar-refractivity contribution in [3.63, 3.8) is 0 Å². The van der Waals surface area contributed by atoms with Crippen LogP contribution in [-0.2, 0) is 14.8 Å². The number of nitrogens with two attached hydrogens (primary N) is 1. The standard InChI is InChI=1S/C11H22N2O3S/c1-10(2)8(11(10,3)4)9(14)13-6-5-7-17(12,15)16/h8H,5-7H2,1-4H3,(H,13,14)(H2,12,15,16). The molecule has 1 aliphatic rings. The fourth-order valence-electron chi connectivity index (χ4n) is 2.44. The van der Waals surface area contributed by atoms with E-state index < -0.39 is 10.0 Å². The molecule has 6 heteroatoms. The van der Waals surface area contributed by atoms with Crippen molar-refractivity contribution < 1.29 is 13.2 Å². The number of hydrogen-bond donors (Lipinski definition) is 2. The van der Waals surface area contributed by atoms with Crippen molar-refractivity contribution in [1.29, 1.82) is 0 Å². The fourth-order valence-corrected chi connectivity index (χ4v) is 2.99. The Morgan fingerprint density at radius 3 is 2.06 bits per heavy atom. The summed E-state index contributed by atoms with van der Waals surface area (Å²) in [7, 11) is -3.42. The van der Waals surface area contributed by atoms with Gasteiger partial charge in [-0.25, -0.2) is 13.6 Å². The van der Waals surface area contributed by atoms with Crippen molar-refractivity contribution in [2.24, 2.45) is 21.9 Å². The van der Waals surface area contributed by atoms with Crippen LogP contribution >= 0.6 is 0 Å². The van der Waals surface area contributed by atoms with Crippen LogP contribution in [0.1, 0.15) is 34.1 Å². The number of carbonyl (C=O) groups is 1. The van der Waals surface area contributed by atoms with Crippen LogP contribution in [0.25, 0.3) is 0 Å². The molecule has 0 aromatic rings. The van der Waals surface area contributed by atoms with Crippen LogP contribution in [0.15, 0.2) is 0 Å². The number of primary sulfonamides is 1. The lowest BCUT2D eigenvalue weighted by Gasteiger charge is -2.05. The molecule has 100 valence electrons. The average molecular weight is 262 g/mol. The quantitative estimate of drug-likeness (QED) is 0.705. The minimum absolute atomic E-state index is 0.00415. The zero-order chi connectivity index (χ0) is 13.5. The van der Waals surface area contributed by atoms with Crippen molar-refractivity contribution in [3.05, 3.63) is 0 Å². The summed E-state index contributed by atoms with van der Waals surface area (Å²) in [4.78, 5) is 11.9. The van der Waals surface area contributed by atoms with Gasteiger partial charge in [0.15, 0.2) is 0 Å². The van der Waals surface area contributed by atoms with Crippen molar-refractivity contribution in [2.75, 3.05) is 12.3 Å². The lowest BCUT2D eigenvalue weighted by Crippen LogP contribution is -2.30. The predicted molar refractivity (Wildman–Crippen MR) is 66.7 cm³/mol. The van der Waals surface area contributed by atoms with Crippen LogP contribution in [0.5, 0.6) is 0 Å². The van der Waals surface area contributed by atoms with Crippen LogP contribution < -0.4 is 10.5 Å². The molecule has 0 aliphatic heterocycles. The van der Waals surface area contributed by atoms with Gasteiger partial charge in [0, 0.05) is 12.5 Å². The van der Waals surface area contributed by atoms with Crippen LogP contribution in [0.2, 0.25) is 0 Å². The van der Waals surface area contributed by atoms with E-state index in [-0.39, 0.29) is 28.4 Å². The monoisotopic (exact) mass is 262 g/mol. The van der Waals surface area contributed by atoms with E-state index in [1.165, 1.54) is 0 Å². The van der Waals surface area contributed by atoms with Crippen LogP contribution in [-0.4, -0.2) is 26.6 Å². The molecule has 1 aliphatic carbocycles. The Kier molecular flexibility index (Phi) is 3.60. The van der Waals surface area contributed by atoms with Gasteiger partial charge in [-0.15, -0.1) is 0 Å². The van der Waals surface area contributed by atoms with Gasteiger partial charge >= 0.3 is 0 Å². The highest BCUT2D eigenvalue weighted by Crippen LogP contribution is 2.68. The van der Waals surface area contributed by atoms with E-state index in [0.717, 1.165) is 0 Å². The number of carbonyl (C=O) groups excluding carboxylic acids is 1. The topological polar surface area (TPSA) is 89.3 Å². The van der Waals surface area contributed by atoms with Gasteiger partial charge in [0.1, 0.15) is 0 Å². The third kappa shape index (κ3) is 2.98. The lowest BCUT2D eigenvalue weighted by atomic mass is 10.0. The Morgan fingerprint density at radius 2 is 1.71 bits per heavy atom. The molecule has 1 rings (SSSR count). The molecule has 5 nitrogen and oxygen atoms in total. The molecular weight excluding hydrogens is 240 g/mol. The maximum Gasteiger partial charge on any atom is 0.224 e. The van der Waals surface area contributed by atoms with Gasteiger partial charge in [0.25, 0.3) is 0 Å². The molecule has 1 amide bonds. The van der Waals surface area contributed by atoms with E-state index in [0.29, 0.717) is 13.0 Å². The van der Waals surface area contributed by atoms with Gasteiger partial charge in [0.05, 0.1) is 5.75 Å².